The molecule has 3 fully saturated rings. The predicted octanol–water partition coefficient (Wildman–Crippen LogP) is 3.07. The van der Waals surface area contributed by atoms with Gasteiger partial charge in [0.15, 0.2) is 0 Å². The van der Waals surface area contributed by atoms with Gasteiger partial charge in [-0.2, -0.15) is 13.2 Å². The minimum absolute atomic E-state index is 0.206. The van der Waals surface area contributed by atoms with Crippen molar-refractivity contribution in [2.45, 2.75) is 44.0 Å². The molecule has 150 valence electrons. The second kappa shape index (κ2) is 7.20. The average Bonchev–Trinajstić information content (AvgIpc) is 3.35. The van der Waals surface area contributed by atoms with Crippen LogP contribution in [0.4, 0.5) is 19.0 Å². The molecular weight excluding hydrogens is 357 g/mol. The number of nitrogens with zero attached hydrogens (tertiary/aromatic N) is 4. The third-order valence-corrected chi connectivity index (χ3v) is 6.26. The molecule has 27 heavy (non-hydrogen) atoms. The summed E-state index contributed by atoms with van der Waals surface area (Å²) in [5.41, 5.74) is -0.876. The average molecular weight is 384 g/mol. The van der Waals surface area contributed by atoms with Gasteiger partial charge in [-0.3, -0.25) is 0 Å². The molecule has 0 amide bonds. The number of anilines is 1. The van der Waals surface area contributed by atoms with Crippen molar-refractivity contribution >= 4 is 5.82 Å². The number of rotatable bonds is 5. The normalized spacial score (nSPS) is 31.4. The van der Waals surface area contributed by atoms with Crippen molar-refractivity contribution in [3.8, 4) is 0 Å². The summed E-state index contributed by atoms with van der Waals surface area (Å²) in [5.74, 6) is 2.01. The number of hydrogen-bond donors (Lipinski definition) is 0. The van der Waals surface area contributed by atoms with E-state index >= 15 is 0 Å². The van der Waals surface area contributed by atoms with Gasteiger partial charge in [0.05, 0.1) is 6.10 Å². The SMILES string of the molecule is CN(C)[C@@H]1C[C@@H]2CN(c3cc(C(F)(F)F)ncn3)C[C@@H]2C[C@H]1OCC1CC1. The number of halogens is 3. The summed E-state index contributed by atoms with van der Waals surface area (Å²) in [5, 5.41) is 0. The molecule has 3 aliphatic rings. The largest absolute Gasteiger partial charge is 0.433 e. The van der Waals surface area contributed by atoms with Crippen LogP contribution in [0.2, 0.25) is 0 Å². The van der Waals surface area contributed by atoms with Crippen LogP contribution in [0.1, 0.15) is 31.4 Å². The van der Waals surface area contributed by atoms with Crippen molar-refractivity contribution in [2.24, 2.45) is 17.8 Å². The summed E-state index contributed by atoms with van der Waals surface area (Å²) in [6.07, 6.45) is 1.31. The Labute approximate surface area is 157 Å². The number of hydrogen-bond acceptors (Lipinski definition) is 5. The molecule has 1 aromatic rings. The topological polar surface area (TPSA) is 41.5 Å². The molecule has 4 rings (SSSR count). The third-order valence-electron chi connectivity index (χ3n) is 6.26. The smallest absolute Gasteiger partial charge is 0.376 e. The standard InChI is InChI=1S/C19H27F3N4O/c1-25(2)15-5-13-8-26(18-7-17(19(20,21)22)23-11-24-18)9-14(13)6-16(15)27-10-12-3-4-12/h7,11-16H,3-6,8-10H2,1-2H3/t13-,14+,15-,16-/m1/s1. The summed E-state index contributed by atoms with van der Waals surface area (Å²) in [4.78, 5) is 11.7. The van der Waals surface area contributed by atoms with Crippen molar-refractivity contribution in [1.82, 2.24) is 14.9 Å². The Bertz CT molecular complexity index is 665. The molecule has 1 aliphatic heterocycles. The Hall–Kier alpha value is -1.41. The lowest BCUT2D eigenvalue weighted by Crippen LogP contribution is -2.48. The molecule has 2 heterocycles. The molecule has 0 bridgehead atoms. The molecule has 4 atom stereocenters. The maximum atomic E-state index is 13.0. The van der Waals surface area contributed by atoms with Crippen molar-refractivity contribution < 1.29 is 17.9 Å². The number of alkyl halides is 3. The van der Waals surface area contributed by atoms with Crippen LogP contribution in [-0.4, -0.2) is 60.8 Å². The molecule has 0 N–H and O–H groups in total. The first kappa shape index (κ1) is 18.9. The Morgan fingerprint density at radius 1 is 1.15 bits per heavy atom. The molecule has 8 heteroatoms. The van der Waals surface area contributed by atoms with Crippen LogP contribution in [0.25, 0.3) is 0 Å². The molecule has 1 saturated heterocycles. The van der Waals surface area contributed by atoms with Crippen molar-refractivity contribution in [3.05, 3.63) is 18.1 Å². The fourth-order valence-corrected chi connectivity index (χ4v) is 4.52. The Morgan fingerprint density at radius 2 is 1.85 bits per heavy atom. The molecule has 0 radical (unpaired) electrons. The van der Waals surface area contributed by atoms with Gasteiger partial charge in [0.2, 0.25) is 0 Å². The molecule has 0 spiro atoms. The molecule has 1 aromatic heterocycles. The zero-order valence-electron chi connectivity index (χ0n) is 15.8. The summed E-state index contributed by atoms with van der Waals surface area (Å²) >= 11 is 0. The quantitative estimate of drug-likeness (QED) is 0.781. The van der Waals surface area contributed by atoms with E-state index in [-0.39, 0.29) is 6.10 Å². The highest BCUT2D eigenvalue weighted by atomic mass is 19.4. The van der Waals surface area contributed by atoms with Gasteiger partial charge in [-0.05, 0) is 57.5 Å². The maximum absolute atomic E-state index is 13.0. The van der Waals surface area contributed by atoms with E-state index in [9.17, 15) is 13.2 Å². The van der Waals surface area contributed by atoms with Crippen LogP contribution in [0, 0.1) is 17.8 Å². The van der Waals surface area contributed by atoms with Gasteiger partial charge >= 0.3 is 6.18 Å². The van der Waals surface area contributed by atoms with Crippen LogP contribution >= 0.6 is 0 Å². The van der Waals surface area contributed by atoms with Crippen molar-refractivity contribution in [1.29, 1.82) is 0 Å². The Balaban J connectivity index is 1.45. The van der Waals surface area contributed by atoms with Crippen LogP contribution in [0.15, 0.2) is 12.4 Å². The third kappa shape index (κ3) is 4.21. The van der Waals surface area contributed by atoms with E-state index in [0.29, 0.717) is 23.7 Å². The first-order valence-corrected chi connectivity index (χ1v) is 9.73. The second-order valence-electron chi connectivity index (χ2n) is 8.50. The lowest BCUT2D eigenvalue weighted by Gasteiger charge is -2.41. The number of aromatic nitrogens is 2. The Kier molecular flexibility index (Phi) is 5.05. The van der Waals surface area contributed by atoms with Gasteiger partial charge in [0.1, 0.15) is 17.8 Å². The monoisotopic (exact) mass is 384 g/mol. The highest BCUT2D eigenvalue weighted by Gasteiger charge is 2.44. The molecule has 5 nitrogen and oxygen atoms in total. The van der Waals surface area contributed by atoms with Gasteiger partial charge < -0.3 is 14.5 Å². The van der Waals surface area contributed by atoms with E-state index < -0.39 is 11.9 Å². The van der Waals surface area contributed by atoms with E-state index in [1.807, 2.05) is 4.90 Å². The lowest BCUT2D eigenvalue weighted by molar-refractivity contribution is -0.141. The summed E-state index contributed by atoms with van der Waals surface area (Å²) in [6, 6.07) is 1.43. The van der Waals surface area contributed by atoms with Crippen LogP contribution in [0.3, 0.4) is 0 Å². The zero-order chi connectivity index (χ0) is 19.2. The number of ether oxygens (including phenoxy) is 1. The van der Waals surface area contributed by atoms with Gasteiger partial charge in [-0.15, -0.1) is 0 Å². The lowest BCUT2D eigenvalue weighted by atomic mass is 9.77. The van der Waals surface area contributed by atoms with Gasteiger partial charge in [0.25, 0.3) is 0 Å². The van der Waals surface area contributed by atoms with E-state index in [1.54, 1.807) is 0 Å². The van der Waals surface area contributed by atoms with E-state index in [1.165, 1.54) is 12.8 Å². The maximum Gasteiger partial charge on any atom is 0.433 e. The molecule has 0 aromatic carbocycles. The fraction of sp³-hybridized carbons (Fsp3) is 0.789. The second-order valence-corrected chi connectivity index (χ2v) is 8.50. The van der Waals surface area contributed by atoms with Crippen molar-refractivity contribution in [3.63, 3.8) is 0 Å². The highest BCUT2D eigenvalue weighted by Crippen LogP contribution is 2.41. The van der Waals surface area contributed by atoms with Crippen LogP contribution < -0.4 is 4.90 Å². The molecule has 2 saturated carbocycles. The summed E-state index contributed by atoms with van der Waals surface area (Å²) < 4.78 is 45.2. The van der Waals surface area contributed by atoms with Crippen molar-refractivity contribution in [2.75, 3.05) is 38.7 Å². The fourth-order valence-electron chi connectivity index (χ4n) is 4.52. The molecule has 0 unspecified atom stereocenters. The first-order valence-electron chi connectivity index (χ1n) is 9.73. The number of fused-ring (bicyclic) bond motifs is 1. The van der Waals surface area contributed by atoms with Gasteiger partial charge in [0, 0.05) is 31.8 Å². The minimum atomic E-state index is -4.44. The van der Waals surface area contributed by atoms with E-state index in [0.717, 1.165) is 50.8 Å². The van der Waals surface area contributed by atoms with Gasteiger partial charge in [-0.25, -0.2) is 9.97 Å². The Morgan fingerprint density at radius 3 is 2.48 bits per heavy atom. The first-order chi connectivity index (χ1) is 12.8. The van der Waals surface area contributed by atoms with Gasteiger partial charge in [-0.1, -0.05) is 0 Å². The molecular formula is C19H27F3N4O. The van der Waals surface area contributed by atoms with E-state index in [2.05, 4.69) is 29.0 Å². The van der Waals surface area contributed by atoms with Crippen LogP contribution in [0.5, 0.6) is 0 Å². The molecule has 2 aliphatic carbocycles. The summed E-state index contributed by atoms with van der Waals surface area (Å²) in [7, 11) is 4.18. The minimum Gasteiger partial charge on any atom is -0.376 e. The number of likely N-dealkylation sites (N-methyl/N-ethyl adjacent to an activating group) is 1. The zero-order valence-corrected chi connectivity index (χ0v) is 15.8. The summed E-state index contributed by atoms with van der Waals surface area (Å²) in [6.45, 7) is 2.33. The van der Waals surface area contributed by atoms with E-state index in [4.69, 9.17) is 4.74 Å². The highest BCUT2D eigenvalue weighted by molar-refractivity contribution is 5.41. The predicted molar refractivity (Wildman–Crippen MR) is 95.4 cm³/mol. The van der Waals surface area contributed by atoms with Crippen LogP contribution in [-0.2, 0) is 10.9 Å².